The first-order valence-corrected chi connectivity index (χ1v) is 10.1. The highest BCUT2D eigenvalue weighted by Gasteiger charge is 2.34. The molecule has 0 bridgehead atoms. The molecule has 0 atom stereocenters. The molecule has 0 saturated heterocycles. The maximum absolute atomic E-state index is 13.8. The summed E-state index contributed by atoms with van der Waals surface area (Å²) in [7, 11) is 0. The van der Waals surface area contributed by atoms with Gasteiger partial charge in [-0.15, -0.1) is 13.2 Å². The molecule has 1 fully saturated rings. The molecule has 0 unspecified atom stereocenters. The summed E-state index contributed by atoms with van der Waals surface area (Å²) in [5, 5.41) is 0. The molecule has 0 spiro atoms. The molecule has 0 aliphatic heterocycles. The zero-order chi connectivity index (χ0) is 20.6. The number of alkyl halides is 3. The quantitative estimate of drug-likeness (QED) is 0.232. The first-order valence-electron chi connectivity index (χ1n) is 10.1. The van der Waals surface area contributed by atoms with E-state index in [4.69, 9.17) is 0 Å². The second-order valence-electron chi connectivity index (χ2n) is 7.72. The van der Waals surface area contributed by atoms with Crippen LogP contribution in [0.5, 0.6) is 5.75 Å². The molecule has 2 rings (SSSR count). The van der Waals surface area contributed by atoms with Gasteiger partial charge in [-0.05, 0) is 62.1 Å². The first-order chi connectivity index (χ1) is 13.3. The predicted molar refractivity (Wildman–Crippen MR) is 100 cm³/mol. The molecule has 28 heavy (non-hydrogen) atoms. The third-order valence-corrected chi connectivity index (χ3v) is 5.55. The number of halogens is 5. The fraction of sp³-hybridized carbons (Fsp3) is 0.636. The average Bonchev–Trinajstić information content (AvgIpc) is 2.63. The number of rotatable bonds is 9. The van der Waals surface area contributed by atoms with Gasteiger partial charge in [-0.1, -0.05) is 50.7 Å². The van der Waals surface area contributed by atoms with Crippen LogP contribution in [0, 0.1) is 23.5 Å². The maximum Gasteiger partial charge on any atom is 0.573 e. The minimum atomic E-state index is -5.12. The Labute approximate surface area is 164 Å². The first kappa shape index (κ1) is 22.7. The van der Waals surface area contributed by atoms with Gasteiger partial charge >= 0.3 is 6.36 Å². The van der Waals surface area contributed by atoms with Crippen molar-refractivity contribution in [2.45, 2.75) is 77.5 Å². The van der Waals surface area contributed by atoms with Gasteiger partial charge in [0, 0.05) is 0 Å². The molecule has 0 radical (unpaired) electrons. The Hall–Kier alpha value is -1.59. The number of aryl methyl sites for hydroxylation is 1. The van der Waals surface area contributed by atoms with E-state index in [1.54, 1.807) is 0 Å². The van der Waals surface area contributed by atoms with Gasteiger partial charge in [-0.25, -0.2) is 8.78 Å². The molecule has 0 aromatic heterocycles. The predicted octanol–water partition coefficient (Wildman–Crippen LogP) is 7.74. The zero-order valence-corrected chi connectivity index (χ0v) is 16.3. The van der Waals surface area contributed by atoms with Gasteiger partial charge in [0.1, 0.15) is 0 Å². The van der Waals surface area contributed by atoms with Crippen molar-refractivity contribution >= 4 is 0 Å². The highest BCUT2D eigenvalue weighted by molar-refractivity contribution is 5.31. The van der Waals surface area contributed by atoms with Gasteiger partial charge in [-0.2, -0.15) is 0 Å². The number of unbranched alkanes of at least 4 members (excludes halogenated alkanes) is 2. The maximum atomic E-state index is 13.8. The Morgan fingerprint density at radius 3 is 2.07 bits per heavy atom. The Bertz CT molecular complexity index is 607. The summed E-state index contributed by atoms with van der Waals surface area (Å²) in [5.41, 5.74) is 0.371. The summed E-state index contributed by atoms with van der Waals surface area (Å²) >= 11 is 0. The number of benzene rings is 1. The lowest BCUT2D eigenvalue weighted by atomic mass is 9.78. The minimum Gasteiger partial charge on any atom is -0.399 e. The monoisotopic (exact) mass is 404 g/mol. The normalized spacial score (nSPS) is 20.6. The van der Waals surface area contributed by atoms with Gasteiger partial charge in [0.05, 0.1) is 0 Å². The standard InChI is InChI=1S/C22H29F5O/c1-2-3-4-5-6-7-16-8-10-17(11-9-16)12-13-18-14-19(23)21(20(24)15-18)28-22(25,26)27/h2-3,14-17H,4-13H2,1H3/b3-2+/t16-,17-. The van der Waals surface area contributed by atoms with Gasteiger partial charge in [-0.3, -0.25) is 0 Å². The van der Waals surface area contributed by atoms with Crippen LogP contribution < -0.4 is 4.74 Å². The average molecular weight is 404 g/mol. The molecule has 6 heteroatoms. The van der Waals surface area contributed by atoms with Crippen molar-refractivity contribution in [3.8, 4) is 5.75 Å². The molecule has 0 heterocycles. The van der Waals surface area contributed by atoms with E-state index in [-0.39, 0.29) is 0 Å². The van der Waals surface area contributed by atoms with Crippen molar-refractivity contribution in [1.82, 2.24) is 0 Å². The number of ether oxygens (including phenoxy) is 1. The van der Waals surface area contributed by atoms with Gasteiger partial charge < -0.3 is 4.74 Å². The zero-order valence-electron chi connectivity index (χ0n) is 16.3. The van der Waals surface area contributed by atoms with Crippen LogP contribution in [0.1, 0.15) is 70.3 Å². The Morgan fingerprint density at radius 2 is 1.54 bits per heavy atom. The molecule has 158 valence electrons. The van der Waals surface area contributed by atoms with Gasteiger partial charge in [0.25, 0.3) is 0 Å². The van der Waals surface area contributed by atoms with E-state index in [9.17, 15) is 22.0 Å². The van der Waals surface area contributed by atoms with Crippen molar-refractivity contribution in [3.05, 3.63) is 41.5 Å². The van der Waals surface area contributed by atoms with E-state index in [0.717, 1.165) is 43.7 Å². The van der Waals surface area contributed by atoms with Crippen LogP contribution in [-0.2, 0) is 6.42 Å². The second-order valence-corrected chi connectivity index (χ2v) is 7.72. The highest BCUT2D eigenvalue weighted by atomic mass is 19.4. The topological polar surface area (TPSA) is 9.23 Å². The van der Waals surface area contributed by atoms with Crippen LogP contribution in [0.3, 0.4) is 0 Å². The molecule has 1 nitrogen and oxygen atoms in total. The molecule has 1 aromatic rings. The van der Waals surface area contributed by atoms with Crippen molar-refractivity contribution in [3.63, 3.8) is 0 Å². The lowest BCUT2D eigenvalue weighted by Crippen LogP contribution is -2.19. The second kappa shape index (κ2) is 10.8. The largest absolute Gasteiger partial charge is 0.573 e. The van der Waals surface area contributed by atoms with E-state index >= 15 is 0 Å². The molecule has 1 aliphatic rings. The van der Waals surface area contributed by atoms with E-state index in [1.807, 2.05) is 6.92 Å². The van der Waals surface area contributed by atoms with E-state index in [2.05, 4.69) is 16.9 Å². The van der Waals surface area contributed by atoms with Crippen LogP contribution >= 0.6 is 0 Å². The third kappa shape index (κ3) is 7.80. The highest BCUT2D eigenvalue weighted by Crippen LogP contribution is 2.35. The van der Waals surface area contributed by atoms with Crippen molar-refractivity contribution in [1.29, 1.82) is 0 Å². The molecule has 1 aliphatic carbocycles. The molecule has 0 N–H and O–H groups in total. The summed E-state index contributed by atoms with van der Waals surface area (Å²) in [6, 6.07) is 1.89. The van der Waals surface area contributed by atoms with Crippen molar-refractivity contribution in [2.24, 2.45) is 11.8 Å². The Morgan fingerprint density at radius 1 is 0.964 bits per heavy atom. The van der Waals surface area contributed by atoms with E-state index in [0.29, 0.717) is 17.9 Å². The number of allylic oxidation sites excluding steroid dienone is 2. The Kier molecular flexibility index (Phi) is 8.77. The lowest BCUT2D eigenvalue weighted by molar-refractivity contribution is -0.276. The summed E-state index contributed by atoms with van der Waals surface area (Å²) in [6.07, 6.45) is 9.92. The van der Waals surface area contributed by atoms with E-state index < -0.39 is 23.7 Å². The summed E-state index contributed by atoms with van der Waals surface area (Å²) < 4.78 is 67.6. The molecular formula is C22H29F5O. The van der Waals surface area contributed by atoms with Crippen LogP contribution in [-0.4, -0.2) is 6.36 Å². The fourth-order valence-corrected chi connectivity index (χ4v) is 4.01. The minimum absolute atomic E-state index is 0.371. The number of hydrogen-bond acceptors (Lipinski definition) is 1. The summed E-state index contributed by atoms with van der Waals surface area (Å²) in [4.78, 5) is 0. The lowest BCUT2D eigenvalue weighted by Gasteiger charge is -2.28. The third-order valence-electron chi connectivity index (χ3n) is 5.55. The Balaban J connectivity index is 1.75. The van der Waals surface area contributed by atoms with Crippen LogP contribution in [0.2, 0.25) is 0 Å². The summed E-state index contributed by atoms with van der Waals surface area (Å²) in [6.45, 7) is 2.04. The number of hydrogen-bond donors (Lipinski definition) is 0. The SMILES string of the molecule is C/C=C/CCCC[C@H]1CC[C@H](CCc2cc(F)c(OC(F)(F)F)c(F)c2)CC1. The van der Waals surface area contributed by atoms with Gasteiger partial charge in [0.15, 0.2) is 11.6 Å². The summed E-state index contributed by atoms with van der Waals surface area (Å²) in [5.74, 6) is -2.72. The van der Waals surface area contributed by atoms with E-state index in [1.165, 1.54) is 32.1 Å². The van der Waals surface area contributed by atoms with Crippen LogP contribution in [0.15, 0.2) is 24.3 Å². The van der Waals surface area contributed by atoms with Crippen molar-refractivity contribution in [2.75, 3.05) is 0 Å². The smallest absolute Gasteiger partial charge is 0.399 e. The fourth-order valence-electron chi connectivity index (χ4n) is 4.01. The molecule has 0 amide bonds. The van der Waals surface area contributed by atoms with Gasteiger partial charge in [0.2, 0.25) is 5.75 Å². The molecule has 1 saturated carbocycles. The van der Waals surface area contributed by atoms with Crippen molar-refractivity contribution < 1.29 is 26.7 Å². The molecular weight excluding hydrogens is 375 g/mol. The molecule has 1 aromatic carbocycles. The van der Waals surface area contributed by atoms with Crippen LogP contribution in [0.4, 0.5) is 22.0 Å². The van der Waals surface area contributed by atoms with Crippen LogP contribution in [0.25, 0.3) is 0 Å².